The van der Waals surface area contributed by atoms with Gasteiger partial charge in [0.2, 0.25) is 11.8 Å². The Bertz CT molecular complexity index is 1510. The first-order valence-corrected chi connectivity index (χ1v) is 13.1. The number of nitrogens with zero attached hydrogens (tertiary/aromatic N) is 3. The van der Waals surface area contributed by atoms with Crippen LogP contribution in [0.25, 0.3) is 0 Å². The number of ether oxygens (including phenoxy) is 1. The third-order valence-electron chi connectivity index (χ3n) is 6.08. The van der Waals surface area contributed by atoms with E-state index in [2.05, 4.69) is 20.6 Å². The van der Waals surface area contributed by atoms with Gasteiger partial charge in [0, 0.05) is 17.7 Å². The Labute approximate surface area is 228 Å². The Kier molecular flexibility index (Phi) is 7.69. The molecule has 0 radical (unpaired) electrons. The minimum Gasteiger partial charge on any atom is -0.496 e. The Balaban J connectivity index is 1.28. The van der Waals surface area contributed by atoms with E-state index < -0.39 is 23.7 Å². The van der Waals surface area contributed by atoms with E-state index in [-0.39, 0.29) is 35.5 Å². The summed E-state index contributed by atoms with van der Waals surface area (Å²) in [5.74, 6) is -0.832. The highest BCUT2D eigenvalue weighted by Gasteiger charge is 2.42. The Hall–Kier alpha value is -4.51. The fourth-order valence-electron chi connectivity index (χ4n) is 4.20. The number of carbonyl (C=O) groups is 3. The topological polar surface area (TPSA) is 112 Å². The van der Waals surface area contributed by atoms with Crippen LogP contribution in [-0.4, -0.2) is 52.5 Å². The summed E-state index contributed by atoms with van der Waals surface area (Å²) in [4.78, 5) is 49.2. The standard InChI is InChI=1S/C28H24FN5O4S/c1-38-23-13-7-2-8-17(23)15-30-24(35)14-22-27(37)34-26(32-22)18-9-3-5-11-20(18)33-28(34)39-16-25(36)31-21-12-6-4-10-19(21)29/h2-13,22H,14-16H2,1H3,(H,30,35)(H,31,36). The summed E-state index contributed by atoms with van der Waals surface area (Å²) in [7, 11) is 1.56. The number of benzene rings is 3. The second-order valence-electron chi connectivity index (χ2n) is 8.66. The second-order valence-corrected chi connectivity index (χ2v) is 9.61. The number of amides is 3. The Morgan fingerprint density at radius 1 is 1.03 bits per heavy atom. The molecule has 3 aromatic carbocycles. The molecule has 2 heterocycles. The molecular weight excluding hydrogens is 521 g/mol. The Morgan fingerprint density at radius 3 is 2.59 bits per heavy atom. The molecule has 9 nitrogen and oxygen atoms in total. The third kappa shape index (κ3) is 5.68. The normalized spacial score (nSPS) is 15.6. The molecule has 198 valence electrons. The summed E-state index contributed by atoms with van der Waals surface area (Å²) >= 11 is 1.03. The molecule has 2 aliphatic heterocycles. The number of para-hydroxylation sites is 3. The van der Waals surface area contributed by atoms with Gasteiger partial charge >= 0.3 is 0 Å². The van der Waals surface area contributed by atoms with Crippen molar-refractivity contribution in [3.05, 3.63) is 89.7 Å². The molecule has 0 fully saturated rings. The van der Waals surface area contributed by atoms with Crippen molar-refractivity contribution in [3.8, 4) is 5.75 Å². The fourth-order valence-corrected chi connectivity index (χ4v) is 5.00. The Morgan fingerprint density at radius 2 is 1.77 bits per heavy atom. The number of anilines is 1. The number of hydrogen-bond acceptors (Lipinski definition) is 7. The molecule has 3 amide bonds. The van der Waals surface area contributed by atoms with Crippen molar-refractivity contribution in [1.29, 1.82) is 0 Å². The molecule has 2 N–H and O–H groups in total. The molecular formula is C28H24FN5O4S. The smallest absolute Gasteiger partial charge is 0.259 e. The molecule has 0 spiro atoms. The van der Waals surface area contributed by atoms with E-state index in [1.165, 1.54) is 23.1 Å². The van der Waals surface area contributed by atoms with E-state index in [9.17, 15) is 18.8 Å². The number of halogens is 1. The highest BCUT2D eigenvalue weighted by Crippen LogP contribution is 2.34. The number of nitrogens with one attached hydrogen (secondary N) is 2. The van der Waals surface area contributed by atoms with Crippen molar-refractivity contribution in [2.45, 2.75) is 19.0 Å². The number of thioether (sulfide) groups is 1. The highest BCUT2D eigenvalue weighted by atomic mass is 32.2. The van der Waals surface area contributed by atoms with Crippen LogP contribution in [-0.2, 0) is 20.9 Å². The lowest BCUT2D eigenvalue weighted by Gasteiger charge is -2.25. The van der Waals surface area contributed by atoms with E-state index in [1.807, 2.05) is 30.3 Å². The van der Waals surface area contributed by atoms with Crippen molar-refractivity contribution < 1.29 is 23.5 Å². The second kappa shape index (κ2) is 11.5. The van der Waals surface area contributed by atoms with Gasteiger partial charge in [0.25, 0.3) is 5.91 Å². The molecule has 0 saturated heterocycles. The average molecular weight is 546 g/mol. The van der Waals surface area contributed by atoms with Crippen molar-refractivity contribution in [2.75, 3.05) is 18.2 Å². The molecule has 1 unspecified atom stereocenters. The lowest BCUT2D eigenvalue weighted by molar-refractivity contribution is -0.128. The molecule has 0 bridgehead atoms. The summed E-state index contributed by atoms with van der Waals surface area (Å²) in [6.07, 6.45) is -0.151. The summed E-state index contributed by atoms with van der Waals surface area (Å²) < 4.78 is 19.2. The molecule has 39 heavy (non-hydrogen) atoms. The predicted molar refractivity (Wildman–Crippen MR) is 148 cm³/mol. The SMILES string of the molecule is COc1ccccc1CNC(=O)CC1N=C2c3ccccc3N=C(SCC(=O)Nc3ccccc3F)N2C1=O. The van der Waals surface area contributed by atoms with Gasteiger partial charge < -0.3 is 15.4 Å². The number of carbonyl (C=O) groups excluding carboxylic acids is 3. The predicted octanol–water partition coefficient (Wildman–Crippen LogP) is 3.87. The minimum absolute atomic E-state index is 0.0673. The van der Waals surface area contributed by atoms with Crippen molar-refractivity contribution in [3.63, 3.8) is 0 Å². The van der Waals surface area contributed by atoms with Crippen LogP contribution in [0.3, 0.4) is 0 Å². The number of amidine groups is 2. The first-order valence-electron chi connectivity index (χ1n) is 12.1. The van der Waals surface area contributed by atoms with Crippen LogP contribution in [0, 0.1) is 5.82 Å². The summed E-state index contributed by atoms with van der Waals surface area (Å²) in [6, 6.07) is 19.5. The van der Waals surface area contributed by atoms with E-state index in [4.69, 9.17) is 4.74 Å². The lowest BCUT2D eigenvalue weighted by Crippen LogP contribution is -2.42. The van der Waals surface area contributed by atoms with Crippen LogP contribution in [0.5, 0.6) is 5.75 Å². The van der Waals surface area contributed by atoms with Gasteiger partial charge in [0.1, 0.15) is 23.4 Å². The maximum Gasteiger partial charge on any atom is 0.259 e. The number of fused-ring (bicyclic) bond motifs is 3. The first kappa shape index (κ1) is 26.1. The van der Waals surface area contributed by atoms with Crippen molar-refractivity contribution in [2.24, 2.45) is 9.98 Å². The van der Waals surface area contributed by atoms with E-state index >= 15 is 0 Å². The zero-order chi connectivity index (χ0) is 27.4. The summed E-state index contributed by atoms with van der Waals surface area (Å²) in [5.41, 5.74) is 2.13. The third-order valence-corrected chi connectivity index (χ3v) is 7.01. The van der Waals surface area contributed by atoms with Gasteiger partial charge in [0.15, 0.2) is 5.17 Å². The van der Waals surface area contributed by atoms with Crippen LogP contribution in [0.15, 0.2) is 82.8 Å². The number of methoxy groups -OCH3 is 1. The largest absolute Gasteiger partial charge is 0.496 e. The monoisotopic (exact) mass is 545 g/mol. The zero-order valence-corrected chi connectivity index (χ0v) is 21.7. The van der Waals surface area contributed by atoms with Crippen molar-refractivity contribution >= 4 is 51.9 Å². The molecule has 2 aliphatic rings. The van der Waals surface area contributed by atoms with Gasteiger partial charge in [-0.15, -0.1) is 0 Å². The lowest BCUT2D eigenvalue weighted by atomic mass is 10.1. The van der Waals surface area contributed by atoms with Gasteiger partial charge in [-0.1, -0.05) is 54.2 Å². The first-order chi connectivity index (χ1) is 18.9. The van der Waals surface area contributed by atoms with Gasteiger partial charge in [-0.3, -0.25) is 19.4 Å². The fraction of sp³-hybridized carbons (Fsp3) is 0.179. The highest BCUT2D eigenvalue weighted by molar-refractivity contribution is 8.14. The van der Waals surface area contributed by atoms with Crippen LogP contribution in [0.4, 0.5) is 15.8 Å². The van der Waals surface area contributed by atoms with Crippen LogP contribution in [0.2, 0.25) is 0 Å². The summed E-state index contributed by atoms with van der Waals surface area (Å²) in [5, 5.41) is 5.61. The molecule has 0 saturated carbocycles. The quantitative estimate of drug-likeness (QED) is 0.446. The van der Waals surface area contributed by atoms with E-state index in [0.29, 0.717) is 22.8 Å². The summed E-state index contributed by atoms with van der Waals surface area (Å²) in [6.45, 7) is 0.243. The number of hydrogen-bond donors (Lipinski definition) is 2. The average Bonchev–Trinajstić information content (AvgIpc) is 3.28. The molecule has 3 aromatic rings. The molecule has 1 atom stereocenters. The van der Waals surface area contributed by atoms with Crippen molar-refractivity contribution in [1.82, 2.24) is 10.2 Å². The molecule has 5 rings (SSSR count). The van der Waals surface area contributed by atoms with Gasteiger partial charge in [-0.25, -0.2) is 14.3 Å². The maximum absolute atomic E-state index is 13.9. The molecule has 0 aliphatic carbocycles. The van der Waals surface area contributed by atoms with Gasteiger partial charge in [0.05, 0.1) is 30.7 Å². The van der Waals surface area contributed by atoms with Gasteiger partial charge in [-0.05, 0) is 30.3 Å². The van der Waals surface area contributed by atoms with Crippen LogP contribution in [0.1, 0.15) is 17.5 Å². The molecule has 0 aromatic heterocycles. The van der Waals surface area contributed by atoms with Crippen LogP contribution < -0.4 is 15.4 Å². The van der Waals surface area contributed by atoms with E-state index in [1.54, 1.807) is 31.4 Å². The maximum atomic E-state index is 13.9. The zero-order valence-electron chi connectivity index (χ0n) is 20.9. The van der Waals surface area contributed by atoms with Crippen LogP contribution >= 0.6 is 11.8 Å². The van der Waals surface area contributed by atoms with Gasteiger partial charge in [-0.2, -0.15) is 0 Å². The number of aliphatic imine (C=N–C) groups is 2. The van der Waals surface area contributed by atoms with E-state index in [0.717, 1.165) is 17.3 Å². The minimum atomic E-state index is -0.943. The number of rotatable bonds is 8. The molecule has 11 heteroatoms.